The second kappa shape index (κ2) is 6.60. The Kier molecular flexibility index (Phi) is 5.01. The van der Waals surface area contributed by atoms with E-state index in [1.807, 2.05) is 51.1 Å². The van der Waals surface area contributed by atoms with Crippen molar-refractivity contribution in [2.45, 2.75) is 38.8 Å². The van der Waals surface area contributed by atoms with Crippen molar-refractivity contribution < 1.29 is 19.4 Å². The van der Waals surface area contributed by atoms with Crippen LogP contribution in [0.3, 0.4) is 0 Å². The Morgan fingerprint density at radius 3 is 2.50 bits per heavy atom. The molecular weight excluding hydrogens is 302 g/mol. The number of hydrogen-bond donors (Lipinski definition) is 1. The molecule has 1 aromatic carbocycles. The number of thioether (sulfide) groups is 1. The van der Waals surface area contributed by atoms with Crippen LogP contribution >= 0.6 is 11.8 Å². The monoisotopic (exact) mass is 323 g/mol. The van der Waals surface area contributed by atoms with Crippen LogP contribution in [0, 0.1) is 5.41 Å². The van der Waals surface area contributed by atoms with Crippen LogP contribution in [0.25, 0.3) is 0 Å². The van der Waals surface area contributed by atoms with Crippen LogP contribution in [0.1, 0.15) is 26.3 Å². The summed E-state index contributed by atoms with van der Waals surface area (Å²) in [5.41, 5.74) is 0.695. The molecule has 120 valence electrons. The van der Waals surface area contributed by atoms with Gasteiger partial charge in [-0.1, -0.05) is 51.1 Å². The molecule has 1 amide bonds. The zero-order chi connectivity index (χ0) is 16.3. The van der Waals surface area contributed by atoms with Crippen molar-refractivity contribution in [3.05, 3.63) is 35.9 Å². The molecule has 1 aliphatic heterocycles. The fourth-order valence-corrected chi connectivity index (χ4v) is 3.43. The van der Waals surface area contributed by atoms with Crippen LogP contribution in [-0.4, -0.2) is 40.1 Å². The molecule has 1 aromatic rings. The molecule has 1 N–H and O–H groups in total. The van der Waals surface area contributed by atoms with Crippen molar-refractivity contribution in [3.8, 4) is 0 Å². The van der Waals surface area contributed by atoms with Crippen LogP contribution in [-0.2, 0) is 15.3 Å². The Labute approximate surface area is 134 Å². The summed E-state index contributed by atoms with van der Waals surface area (Å²) in [5.74, 6) is 0.674. The van der Waals surface area contributed by atoms with Crippen LogP contribution in [0.4, 0.5) is 4.79 Å². The highest BCUT2D eigenvalue weighted by molar-refractivity contribution is 7.98. The lowest BCUT2D eigenvalue weighted by atomic mass is 9.93. The van der Waals surface area contributed by atoms with Crippen molar-refractivity contribution in [2.75, 3.05) is 5.75 Å². The molecule has 0 bridgehead atoms. The van der Waals surface area contributed by atoms with E-state index >= 15 is 0 Å². The van der Waals surface area contributed by atoms with E-state index < -0.39 is 29.7 Å². The predicted octanol–water partition coefficient (Wildman–Crippen LogP) is 3.20. The van der Waals surface area contributed by atoms with Gasteiger partial charge in [0, 0.05) is 16.9 Å². The average molecular weight is 323 g/mol. The minimum Gasteiger partial charge on any atom is -0.465 e. The topological polar surface area (TPSA) is 66.8 Å². The number of cyclic esters (lactones) is 1. The van der Waals surface area contributed by atoms with Gasteiger partial charge in [0.25, 0.3) is 0 Å². The van der Waals surface area contributed by atoms with Gasteiger partial charge in [-0.05, 0) is 5.56 Å². The molecule has 5 nitrogen and oxygen atoms in total. The van der Waals surface area contributed by atoms with E-state index in [9.17, 15) is 14.7 Å². The maximum atomic E-state index is 12.0. The number of benzene rings is 1. The number of carbonyl (C=O) groups excluding carboxylic acids is 1. The van der Waals surface area contributed by atoms with Crippen molar-refractivity contribution >= 4 is 23.8 Å². The van der Waals surface area contributed by atoms with Gasteiger partial charge in [-0.25, -0.2) is 9.59 Å². The van der Waals surface area contributed by atoms with E-state index in [1.165, 1.54) is 11.8 Å². The molecule has 1 heterocycles. The predicted molar refractivity (Wildman–Crippen MR) is 85.6 cm³/mol. The van der Waals surface area contributed by atoms with Crippen LogP contribution in [0.15, 0.2) is 30.3 Å². The number of rotatable bonds is 4. The Balaban J connectivity index is 2.02. The lowest BCUT2D eigenvalue weighted by molar-refractivity contribution is -0.147. The van der Waals surface area contributed by atoms with Gasteiger partial charge in [0.1, 0.15) is 6.04 Å². The molecule has 0 spiro atoms. The summed E-state index contributed by atoms with van der Waals surface area (Å²) >= 11 is 1.54. The lowest BCUT2D eigenvalue weighted by Gasteiger charge is -2.32. The Hall–Kier alpha value is -1.69. The molecule has 0 aromatic heterocycles. The number of amides is 1. The fraction of sp³-hybridized carbons (Fsp3) is 0.500. The molecule has 0 aliphatic carbocycles. The SMILES string of the molecule is CC(C)(C)[C@@H]1OC(=O)[C@H](CSCc2ccccc2)N1C(=O)O. The third-order valence-electron chi connectivity index (χ3n) is 3.44. The highest BCUT2D eigenvalue weighted by Gasteiger charge is 2.49. The molecule has 1 saturated heterocycles. The summed E-state index contributed by atoms with van der Waals surface area (Å²) < 4.78 is 5.31. The molecule has 0 unspecified atom stereocenters. The smallest absolute Gasteiger partial charge is 0.411 e. The minimum absolute atomic E-state index is 0.395. The second-order valence-corrected chi connectivity index (χ2v) is 7.39. The van der Waals surface area contributed by atoms with Gasteiger partial charge in [-0.2, -0.15) is 11.8 Å². The minimum atomic E-state index is -1.11. The first kappa shape index (κ1) is 16.7. The van der Waals surface area contributed by atoms with Gasteiger partial charge in [0.15, 0.2) is 6.23 Å². The van der Waals surface area contributed by atoms with Gasteiger partial charge >= 0.3 is 12.1 Å². The Morgan fingerprint density at radius 2 is 1.95 bits per heavy atom. The van der Waals surface area contributed by atoms with Crippen molar-refractivity contribution in [2.24, 2.45) is 5.41 Å². The van der Waals surface area contributed by atoms with E-state index in [0.717, 1.165) is 16.2 Å². The van der Waals surface area contributed by atoms with E-state index in [4.69, 9.17) is 4.74 Å². The van der Waals surface area contributed by atoms with Gasteiger partial charge in [-0.3, -0.25) is 4.90 Å². The van der Waals surface area contributed by atoms with Gasteiger partial charge in [0.2, 0.25) is 0 Å². The van der Waals surface area contributed by atoms with E-state index in [-0.39, 0.29) is 0 Å². The van der Waals surface area contributed by atoms with Crippen molar-refractivity contribution in [1.82, 2.24) is 4.90 Å². The fourth-order valence-electron chi connectivity index (χ4n) is 2.36. The third kappa shape index (κ3) is 3.74. The zero-order valence-electron chi connectivity index (χ0n) is 13.0. The van der Waals surface area contributed by atoms with Crippen LogP contribution in [0.2, 0.25) is 0 Å². The molecule has 6 heteroatoms. The number of hydrogen-bond acceptors (Lipinski definition) is 4. The number of carboxylic acid groups (broad SMARTS) is 1. The maximum absolute atomic E-state index is 12.0. The lowest BCUT2D eigenvalue weighted by Crippen LogP contribution is -2.48. The average Bonchev–Trinajstić information content (AvgIpc) is 2.77. The number of ether oxygens (including phenoxy) is 1. The zero-order valence-corrected chi connectivity index (χ0v) is 13.8. The summed E-state index contributed by atoms with van der Waals surface area (Å²) in [4.78, 5) is 24.7. The highest BCUT2D eigenvalue weighted by atomic mass is 32.2. The van der Waals surface area contributed by atoms with Crippen molar-refractivity contribution in [1.29, 1.82) is 0 Å². The maximum Gasteiger partial charge on any atom is 0.411 e. The third-order valence-corrected chi connectivity index (χ3v) is 4.53. The first-order chi connectivity index (χ1) is 10.3. The number of carbonyl (C=O) groups is 2. The van der Waals surface area contributed by atoms with Gasteiger partial charge < -0.3 is 9.84 Å². The standard InChI is InChI=1S/C16H21NO4S/c1-16(2,3)14-17(15(19)20)12(13(18)21-14)10-22-9-11-7-5-4-6-8-11/h4-8,12,14H,9-10H2,1-3H3,(H,19,20)/t12-,14-/m0/s1. The first-order valence-electron chi connectivity index (χ1n) is 7.14. The van der Waals surface area contributed by atoms with Crippen molar-refractivity contribution in [3.63, 3.8) is 0 Å². The number of esters is 1. The molecule has 1 aliphatic rings. The Bertz CT molecular complexity index is 541. The summed E-state index contributed by atoms with van der Waals surface area (Å²) in [6.45, 7) is 5.58. The summed E-state index contributed by atoms with van der Waals surface area (Å²) in [7, 11) is 0. The summed E-state index contributed by atoms with van der Waals surface area (Å²) in [6.07, 6.45) is -1.85. The molecule has 2 rings (SSSR count). The highest BCUT2D eigenvalue weighted by Crippen LogP contribution is 2.33. The summed E-state index contributed by atoms with van der Waals surface area (Å²) in [5, 5.41) is 9.44. The summed E-state index contributed by atoms with van der Waals surface area (Å²) in [6, 6.07) is 9.13. The molecule has 22 heavy (non-hydrogen) atoms. The second-order valence-electron chi connectivity index (χ2n) is 6.36. The van der Waals surface area contributed by atoms with Crippen LogP contribution in [0.5, 0.6) is 0 Å². The molecule has 0 radical (unpaired) electrons. The quantitative estimate of drug-likeness (QED) is 0.862. The van der Waals surface area contributed by atoms with E-state index in [1.54, 1.807) is 0 Å². The molecule has 2 atom stereocenters. The molecular formula is C16H21NO4S. The molecule has 1 fully saturated rings. The van der Waals surface area contributed by atoms with E-state index in [2.05, 4.69) is 0 Å². The largest absolute Gasteiger partial charge is 0.465 e. The normalized spacial score (nSPS) is 21.8. The Morgan fingerprint density at radius 1 is 1.32 bits per heavy atom. The van der Waals surface area contributed by atoms with E-state index in [0.29, 0.717) is 5.75 Å². The first-order valence-corrected chi connectivity index (χ1v) is 8.29. The number of nitrogens with zero attached hydrogens (tertiary/aromatic N) is 1. The van der Waals surface area contributed by atoms with Crippen LogP contribution < -0.4 is 0 Å². The van der Waals surface area contributed by atoms with Gasteiger partial charge in [0.05, 0.1) is 0 Å². The van der Waals surface area contributed by atoms with Gasteiger partial charge in [-0.15, -0.1) is 0 Å². The molecule has 0 saturated carbocycles.